The normalized spacial score (nSPS) is 13.2. The molecule has 0 rings (SSSR count). The van der Waals surface area contributed by atoms with E-state index in [1.807, 2.05) is 0 Å². The number of hydrogen-bond donors (Lipinski definition) is 1. The monoisotopic (exact) mass is 283 g/mol. The molecule has 1 amide bonds. The van der Waals surface area contributed by atoms with Gasteiger partial charge in [-0.25, -0.2) is 4.79 Å². The second-order valence-electron chi connectivity index (χ2n) is 5.55. The highest BCUT2D eigenvalue weighted by molar-refractivity contribution is 5.83. The predicted molar refractivity (Wildman–Crippen MR) is 81.3 cm³/mol. The SMILES string of the molecule is CCOC(=O)C(CC[C@H](C)CCC=C(C)C)NC(C)=O. The zero-order valence-corrected chi connectivity index (χ0v) is 13.5. The molecule has 0 bridgehead atoms. The average molecular weight is 283 g/mol. The fourth-order valence-electron chi connectivity index (χ4n) is 1.99. The molecule has 0 saturated carbocycles. The minimum absolute atomic E-state index is 0.194. The van der Waals surface area contributed by atoms with Crippen LogP contribution < -0.4 is 5.32 Å². The fraction of sp³-hybridized carbons (Fsp3) is 0.750. The van der Waals surface area contributed by atoms with Crippen molar-refractivity contribution in [1.29, 1.82) is 0 Å². The van der Waals surface area contributed by atoms with Gasteiger partial charge >= 0.3 is 5.97 Å². The van der Waals surface area contributed by atoms with Crippen molar-refractivity contribution >= 4 is 11.9 Å². The van der Waals surface area contributed by atoms with Crippen LogP contribution in [0.1, 0.15) is 60.3 Å². The molecule has 0 saturated heterocycles. The number of ether oxygens (including phenoxy) is 1. The number of hydrogen-bond acceptors (Lipinski definition) is 3. The number of nitrogens with one attached hydrogen (secondary N) is 1. The van der Waals surface area contributed by atoms with Gasteiger partial charge in [0.05, 0.1) is 6.61 Å². The van der Waals surface area contributed by atoms with E-state index in [2.05, 4.69) is 32.2 Å². The lowest BCUT2D eigenvalue weighted by atomic mass is 9.96. The fourth-order valence-corrected chi connectivity index (χ4v) is 1.99. The molecule has 1 N–H and O–H groups in total. The molecule has 0 aliphatic heterocycles. The maximum atomic E-state index is 11.7. The number of carbonyl (C=O) groups is 2. The summed E-state index contributed by atoms with van der Waals surface area (Å²) in [6.07, 6.45) is 5.93. The van der Waals surface area contributed by atoms with Crippen molar-refractivity contribution in [3.63, 3.8) is 0 Å². The van der Waals surface area contributed by atoms with Crippen LogP contribution in [-0.4, -0.2) is 24.5 Å². The van der Waals surface area contributed by atoms with Gasteiger partial charge in [-0.15, -0.1) is 0 Å². The maximum absolute atomic E-state index is 11.7. The smallest absolute Gasteiger partial charge is 0.328 e. The molecule has 0 aliphatic rings. The van der Waals surface area contributed by atoms with Gasteiger partial charge in [0.1, 0.15) is 6.04 Å². The molecule has 4 heteroatoms. The van der Waals surface area contributed by atoms with Crippen LogP contribution in [0, 0.1) is 5.92 Å². The largest absolute Gasteiger partial charge is 0.464 e. The number of allylic oxidation sites excluding steroid dienone is 2. The van der Waals surface area contributed by atoms with E-state index in [9.17, 15) is 9.59 Å². The first kappa shape index (κ1) is 18.7. The summed E-state index contributed by atoms with van der Waals surface area (Å²) in [4.78, 5) is 22.9. The Morgan fingerprint density at radius 3 is 2.30 bits per heavy atom. The summed E-state index contributed by atoms with van der Waals surface area (Å²) in [5.41, 5.74) is 1.33. The van der Waals surface area contributed by atoms with Gasteiger partial charge in [-0.2, -0.15) is 0 Å². The topological polar surface area (TPSA) is 55.4 Å². The molecule has 0 fully saturated rings. The summed E-state index contributed by atoms with van der Waals surface area (Å²) in [5.74, 6) is -0.00395. The molecule has 0 spiro atoms. The van der Waals surface area contributed by atoms with E-state index < -0.39 is 6.04 Å². The zero-order chi connectivity index (χ0) is 15.5. The first-order chi connectivity index (χ1) is 9.36. The lowest BCUT2D eigenvalue weighted by Gasteiger charge is -2.18. The van der Waals surface area contributed by atoms with Gasteiger partial charge in [-0.3, -0.25) is 4.79 Å². The molecule has 1 unspecified atom stereocenters. The first-order valence-electron chi connectivity index (χ1n) is 7.43. The van der Waals surface area contributed by atoms with Crippen LogP contribution in [-0.2, 0) is 14.3 Å². The molecule has 20 heavy (non-hydrogen) atoms. The number of amides is 1. The van der Waals surface area contributed by atoms with Crippen molar-refractivity contribution in [1.82, 2.24) is 5.32 Å². The van der Waals surface area contributed by atoms with Crippen LogP contribution in [0.25, 0.3) is 0 Å². The van der Waals surface area contributed by atoms with E-state index in [1.54, 1.807) is 6.92 Å². The quantitative estimate of drug-likeness (QED) is 0.522. The summed E-state index contributed by atoms with van der Waals surface area (Å²) in [6.45, 7) is 9.89. The van der Waals surface area contributed by atoms with Gasteiger partial charge < -0.3 is 10.1 Å². The van der Waals surface area contributed by atoms with Crippen LogP contribution in [0.2, 0.25) is 0 Å². The molecule has 2 atom stereocenters. The summed E-state index contributed by atoms with van der Waals surface area (Å²) in [5, 5.41) is 2.67. The third-order valence-electron chi connectivity index (χ3n) is 3.11. The van der Waals surface area contributed by atoms with Crippen LogP contribution in [0.15, 0.2) is 11.6 Å². The second kappa shape index (κ2) is 10.5. The van der Waals surface area contributed by atoms with Crippen molar-refractivity contribution < 1.29 is 14.3 Å². The van der Waals surface area contributed by atoms with Crippen LogP contribution in [0.3, 0.4) is 0 Å². The third-order valence-corrected chi connectivity index (χ3v) is 3.11. The Morgan fingerprint density at radius 2 is 1.80 bits per heavy atom. The average Bonchev–Trinajstić information content (AvgIpc) is 2.33. The molecule has 0 radical (unpaired) electrons. The highest BCUT2D eigenvalue weighted by Gasteiger charge is 2.21. The number of carbonyl (C=O) groups excluding carboxylic acids is 2. The molecule has 0 aromatic rings. The highest BCUT2D eigenvalue weighted by atomic mass is 16.5. The summed E-state index contributed by atoms with van der Waals surface area (Å²) in [7, 11) is 0. The van der Waals surface area contributed by atoms with E-state index in [1.165, 1.54) is 12.5 Å². The predicted octanol–water partition coefficient (Wildman–Crippen LogP) is 3.22. The summed E-state index contributed by atoms with van der Waals surface area (Å²) < 4.78 is 4.99. The Morgan fingerprint density at radius 1 is 1.15 bits per heavy atom. The Balaban J connectivity index is 4.20. The molecular formula is C16H29NO3. The molecular weight excluding hydrogens is 254 g/mol. The Bertz CT molecular complexity index is 333. The molecule has 0 aliphatic carbocycles. The molecule has 4 nitrogen and oxygen atoms in total. The van der Waals surface area contributed by atoms with Gasteiger partial charge in [0, 0.05) is 6.92 Å². The minimum Gasteiger partial charge on any atom is -0.464 e. The lowest BCUT2D eigenvalue weighted by Crippen LogP contribution is -2.41. The molecule has 116 valence electrons. The number of rotatable bonds is 9. The van der Waals surface area contributed by atoms with Gasteiger partial charge in [-0.05, 0) is 52.4 Å². The molecule has 0 aromatic carbocycles. The number of esters is 1. The van der Waals surface area contributed by atoms with Gasteiger partial charge in [0.2, 0.25) is 5.91 Å². The van der Waals surface area contributed by atoms with E-state index >= 15 is 0 Å². The minimum atomic E-state index is -0.515. The molecule has 0 aromatic heterocycles. The highest BCUT2D eigenvalue weighted by Crippen LogP contribution is 2.15. The van der Waals surface area contributed by atoms with Crippen LogP contribution in [0.4, 0.5) is 0 Å². The third kappa shape index (κ3) is 9.59. The lowest BCUT2D eigenvalue weighted by molar-refractivity contribution is -0.147. The van der Waals surface area contributed by atoms with E-state index in [0.29, 0.717) is 18.9 Å². The maximum Gasteiger partial charge on any atom is 0.328 e. The first-order valence-corrected chi connectivity index (χ1v) is 7.43. The van der Waals surface area contributed by atoms with Gasteiger partial charge in [-0.1, -0.05) is 18.6 Å². The van der Waals surface area contributed by atoms with E-state index in [4.69, 9.17) is 4.74 Å². The van der Waals surface area contributed by atoms with Crippen LogP contribution in [0.5, 0.6) is 0 Å². The van der Waals surface area contributed by atoms with Gasteiger partial charge in [0.15, 0.2) is 0 Å². The second-order valence-corrected chi connectivity index (χ2v) is 5.55. The Hall–Kier alpha value is -1.32. The van der Waals surface area contributed by atoms with Crippen molar-refractivity contribution in [2.24, 2.45) is 5.92 Å². The van der Waals surface area contributed by atoms with Gasteiger partial charge in [0.25, 0.3) is 0 Å². The van der Waals surface area contributed by atoms with E-state index in [0.717, 1.165) is 19.3 Å². The van der Waals surface area contributed by atoms with Crippen molar-refractivity contribution in [2.75, 3.05) is 6.61 Å². The zero-order valence-electron chi connectivity index (χ0n) is 13.5. The standard InChI is InChI=1S/C16H29NO3/c1-6-20-16(19)15(17-14(5)18)11-10-13(4)9-7-8-12(2)3/h8,13,15H,6-7,9-11H2,1-5H3,(H,17,18)/t13-,15?/m1/s1. The van der Waals surface area contributed by atoms with Crippen molar-refractivity contribution in [3.8, 4) is 0 Å². The van der Waals surface area contributed by atoms with Crippen LogP contribution >= 0.6 is 0 Å². The summed E-state index contributed by atoms with van der Waals surface area (Å²) >= 11 is 0. The Labute approximate surface area is 123 Å². The van der Waals surface area contributed by atoms with Crippen molar-refractivity contribution in [3.05, 3.63) is 11.6 Å². The van der Waals surface area contributed by atoms with E-state index in [-0.39, 0.29) is 11.9 Å². The molecule has 0 heterocycles. The summed E-state index contributed by atoms with van der Waals surface area (Å²) in [6, 6.07) is -0.515. The van der Waals surface area contributed by atoms with Crippen molar-refractivity contribution in [2.45, 2.75) is 66.3 Å². The Kier molecular flexibility index (Phi) is 9.77.